The maximum atomic E-state index is 14.3. The zero-order valence-corrected chi connectivity index (χ0v) is 63.8. The number of benzene rings is 1. The van der Waals surface area contributed by atoms with Crippen LogP contribution < -0.4 is 50.3 Å². The Hall–Kier alpha value is -8.26. The molecular weight excluding hydrogens is 1470 g/mol. The molecule has 35 nitrogen and oxygen atoms in total. The largest absolute Gasteiger partial charge is 0.756 e. The van der Waals surface area contributed by atoms with Crippen molar-refractivity contribution in [1.29, 1.82) is 0 Å². The summed E-state index contributed by atoms with van der Waals surface area (Å²) >= 11 is 0. The molecule has 0 spiro atoms. The normalized spacial score (nSPS) is 33.8. The SMILES string of the molecule is C/C1=C2/[N-][C@H]([C@H](CC(N)=O)[C@@]2(C)CCC(=O)NC[C@@H](C)OP(=O)([O-])O[C@H]2[C@@H](O)[C@@H](n3cnc4cc(C)ccc43)O[C@@H]2CO)[C@]2(C)N=C(/C(C)=C3N=C(/C=C4N=C1[C@@H](CCC(N)=O)C\4(C)C)[C@@H](CCC(N)=O)[C@]\3(C)CC(N)=O)[C@@H](CCC(N)=O)[C@]2(C)CC(N)=O.[CH2-][C@H]1O[C@@H](n2cnc3c(N)ncnc32)[C@H](O)[C@@H]1O.[Co]. The summed E-state index contributed by atoms with van der Waals surface area (Å²) in [6.07, 6.45) is -5.68. The Balaban J connectivity index is 0.000000612. The van der Waals surface area contributed by atoms with Crippen LogP contribution in [0, 0.1) is 59.2 Å². The van der Waals surface area contributed by atoms with Gasteiger partial charge in [0, 0.05) is 125 Å². The monoisotopic (exact) mass is 1560 g/mol. The number of nitrogens with two attached hydrogens (primary N) is 7. The number of amides is 7. The molecular formula is C71H98CoN18O17P-3. The van der Waals surface area contributed by atoms with Crippen LogP contribution in [0.4, 0.5) is 5.82 Å². The molecule has 37 heteroatoms. The van der Waals surface area contributed by atoms with Crippen LogP contribution in [0.25, 0.3) is 27.5 Å². The second-order valence-corrected chi connectivity index (χ2v) is 32.0. The van der Waals surface area contributed by atoms with Gasteiger partial charge in [0.25, 0.3) is 7.82 Å². The zero-order chi connectivity index (χ0) is 78.7. The van der Waals surface area contributed by atoms with Gasteiger partial charge in [0.2, 0.25) is 41.4 Å². The maximum absolute atomic E-state index is 14.3. The number of fused-ring (bicyclic) bond motifs is 8. The van der Waals surface area contributed by atoms with E-state index in [9.17, 15) is 63.4 Å². The molecule has 7 aliphatic rings. The van der Waals surface area contributed by atoms with E-state index in [2.05, 4.69) is 32.2 Å². The predicted octanol–water partition coefficient (Wildman–Crippen LogP) is 1.87. The Morgan fingerprint density at radius 1 is 0.750 bits per heavy atom. The van der Waals surface area contributed by atoms with Gasteiger partial charge in [-0.3, -0.25) is 57.7 Å². The number of aliphatic hydroxyl groups is 4. The van der Waals surface area contributed by atoms with Gasteiger partial charge in [-0.25, -0.2) is 19.9 Å². The first-order valence-corrected chi connectivity index (χ1v) is 36.9. The molecule has 1 radical (unpaired) electrons. The molecule has 3 saturated heterocycles. The molecule has 1 unspecified atom stereocenters. The number of carbonyl (C=O) groups is 7. The number of aryl methyl sites for hydroxylation is 1. The fraction of sp³-hybridized carbons (Fsp3) is 0.592. The summed E-state index contributed by atoms with van der Waals surface area (Å²) in [5.74, 6) is -7.15. The quantitative estimate of drug-likeness (QED) is 0.0299. The van der Waals surface area contributed by atoms with E-state index in [1.165, 1.54) is 35.0 Å². The van der Waals surface area contributed by atoms with E-state index < -0.39 is 168 Å². The van der Waals surface area contributed by atoms with Crippen LogP contribution >= 0.6 is 7.82 Å². The number of rotatable bonds is 27. The Morgan fingerprint density at radius 3 is 1.97 bits per heavy atom. The van der Waals surface area contributed by atoms with Crippen LogP contribution in [0.5, 0.6) is 0 Å². The van der Waals surface area contributed by atoms with Gasteiger partial charge in [-0.05, 0) is 113 Å². The molecule has 10 heterocycles. The number of phosphoric ester groups is 1. The van der Waals surface area contributed by atoms with Crippen LogP contribution in [0.1, 0.15) is 151 Å². The number of hydrogen-bond acceptors (Lipinski definition) is 25. The summed E-state index contributed by atoms with van der Waals surface area (Å²) < 4.78 is 38.6. The fourth-order valence-electron chi connectivity index (χ4n) is 17.2. The second kappa shape index (κ2) is 32.0. The number of phosphoric acid groups is 1. The van der Waals surface area contributed by atoms with E-state index in [0.717, 1.165) is 5.56 Å². The summed E-state index contributed by atoms with van der Waals surface area (Å²) in [5, 5.41) is 49.5. The van der Waals surface area contributed by atoms with E-state index in [4.69, 9.17) is 79.0 Å². The number of nitrogens with zero attached hydrogens (tertiary/aromatic N) is 10. The average molecular weight is 1570 g/mol. The van der Waals surface area contributed by atoms with E-state index in [-0.39, 0.29) is 99.8 Å². The Labute approximate surface area is 634 Å². The number of hydrogen-bond donors (Lipinski definition) is 12. The van der Waals surface area contributed by atoms with Crippen molar-refractivity contribution in [3.8, 4) is 0 Å². The van der Waals surface area contributed by atoms with Gasteiger partial charge in [0.15, 0.2) is 23.9 Å². The number of aliphatic imine (C=N–C) groups is 3. The van der Waals surface area contributed by atoms with Crippen LogP contribution in [0.15, 0.2) is 86.5 Å². The number of aliphatic hydroxyl groups excluding tert-OH is 4. The number of primary amides is 6. The molecule has 0 aliphatic carbocycles. The minimum absolute atomic E-state index is 0. The molecule has 1 aromatic carbocycles. The third-order valence-electron chi connectivity index (χ3n) is 23.0. The van der Waals surface area contributed by atoms with Gasteiger partial charge in [0.1, 0.15) is 36.3 Å². The summed E-state index contributed by atoms with van der Waals surface area (Å²) in [4.78, 5) is 140. The van der Waals surface area contributed by atoms with Crippen LogP contribution in [-0.4, -0.2) is 175 Å². The number of ether oxygens (including phenoxy) is 2. The van der Waals surface area contributed by atoms with E-state index in [1.54, 1.807) is 13.0 Å². The van der Waals surface area contributed by atoms with Crippen LogP contribution in [-0.2, 0) is 73.4 Å². The van der Waals surface area contributed by atoms with Crippen LogP contribution in [0.3, 0.4) is 0 Å². The number of anilines is 1. The second-order valence-electron chi connectivity index (χ2n) is 30.7. The molecule has 0 saturated carbocycles. The molecule has 4 aromatic rings. The van der Waals surface area contributed by atoms with Gasteiger partial charge >= 0.3 is 0 Å². The minimum atomic E-state index is -5.31. The number of imidazole rings is 2. The first kappa shape index (κ1) is 83.8. The van der Waals surface area contributed by atoms with Crippen molar-refractivity contribution in [2.45, 2.75) is 207 Å². The first-order valence-electron chi connectivity index (χ1n) is 35.4. The molecule has 19 atom stereocenters. The third kappa shape index (κ3) is 16.0. The zero-order valence-electron chi connectivity index (χ0n) is 61.9. The van der Waals surface area contributed by atoms with E-state index in [1.807, 2.05) is 73.6 Å². The number of nitrogen functional groups attached to an aromatic ring is 1. The molecule has 3 aromatic heterocycles. The van der Waals surface area contributed by atoms with Crippen molar-refractivity contribution < 1.29 is 98.7 Å². The minimum Gasteiger partial charge on any atom is -0.756 e. The van der Waals surface area contributed by atoms with Gasteiger partial charge in [0.05, 0.1) is 53.7 Å². The number of allylic oxidation sites excluding steroid dienone is 6. The van der Waals surface area contributed by atoms with Crippen molar-refractivity contribution in [3.63, 3.8) is 0 Å². The summed E-state index contributed by atoms with van der Waals surface area (Å²) in [5.41, 5.74) is 42.2. The van der Waals surface area contributed by atoms with Crippen molar-refractivity contribution in [1.82, 2.24) is 34.4 Å². The van der Waals surface area contributed by atoms with Crippen molar-refractivity contribution in [3.05, 3.63) is 89.3 Å². The predicted molar refractivity (Wildman–Crippen MR) is 388 cm³/mol. The molecule has 591 valence electrons. The van der Waals surface area contributed by atoms with Crippen molar-refractivity contribution >= 4 is 94.3 Å². The average Bonchev–Trinajstić information content (AvgIpc) is 1.53. The molecule has 7 amide bonds. The van der Waals surface area contributed by atoms with Crippen LogP contribution in [0.2, 0.25) is 0 Å². The fourth-order valence-corrected chi connectivity index (χ4v) is 18.3. The number of nitrogens with one attached hydrogen (secondary N) is 1. The number of aromatic nitrogens is 6. The Kier molecular flexibility index (Phi) is 24.8. The molecule has 11 rings (SSSR count). The Morgan fingerprint density at radius 2 is 1.37 bits per heavy atom. The molecule has 8 bridgehead atoms. The van der Waals surface area contributed by atoms with Gasteiger partial charge < -0.3 is 106 Å². The Bertz CT molecular complexity index is 4460. The number of carbonyl (C=O) groups excluding carboxylic acids is 7. The molecule has 108 heavy (non-hydrogen) atoms. The van der Waals surface area contributed by atoms with Gasteiger partial charge in [-0.2, -0.15) is 5.70 Å². The molecule has 19 N–H and O–H groups in total. The molecule has 3 fully saturated rings. The topological polar surface area (TPSA) is 584 Å². The van der Waals surface area contributed by atoms with Crippen molar-refractivity contribution in [2.24, 2.45) is 94.7 Å². The van der Waals surface area contributed by atoms with Gasteiger partial charge in [-0.15, -0.1) is 0 Å². The van der Waals surface area contributed by atoms with Gasteiger partial charge in [-0.1, -0.05) is 46.7 Å². The first-order chi connectivity index (χ1) is 50.0. The third-order valence-corrected chi connectivity index (χ3v) is 24.1. The van der Waals surface area contributed by atoms with Crippen molar-refractivity contribution in [2.75, 3.05) is 18.9 Å². The smallest absolute Gasteiger partial charge is 0.268 e. The van der Waals surface area contributed by atoms with E-state index >= 15 is 0 Å². The summed E-state index contributed by atoms with van der Waals surface area (Å²) in [6.45, 7) is 20.6. The summed E-state index contributed by atoms with van der Waals surface area (Å²) in [6, 6.07) is 4.37. The summed E-state index contributed by atoms with van der Waals surface area (Å²) in [7, 11) is -5.31. The molecule has 7 aliphatic heterocycles. The maximum Gasteiger partial charge on any atom is 0.268 e. The standard InChI is InChI=1S/C61H88N13O14P.C10H12N5O3.Co/c1-29-11-15-39-38(21-29)69-28-74(39)56-51(83)52(40(27-75)86-56)88-89(84,85)87-30(2)26-68-48(82)19-20-58(7)36(22-45(65)79)55-61(10)60(9,25-47(67)81)35(14-18-44(64)78)50(73-61)32(4)54-59(8,24-46(66)80)33(12-16-42(62)76)37(70-54)23-41-57(5,6)34(13-17-43(63)77)49(71-41)31(3)53(58)72-55;1-4-6(16)7(17)10(18-4)15-3-14-5-8(11)12-2-13-9(5)15;/h11,15,21,23,28,30,33-36,40,51-52,55-56,75,83H,12-14,16-20,22,24-27H2,1-10H3,(H15,62,63,64,65,66,67,68,70,71,72,73,76,77,78,79,80,81,82,84,85);2-4,6-7,10,16-17H,1H2,(H2,11,12,13);/q;-1;/p-2/t30-,33-,34-,35-,36+,40-,51-,52-,55-,56+,58-,59+,60+,61+;4-,6-,7-,10-;/m11./s1. The van der Waals surface area contributed by atoms with E-state index in [0.29, 0.717) is 67.6 Å².